The van der Waals surface area contributed by atoms with Gasteiger partial charge >= 0.3 is 0 Å². The van der Waals surface area contributed by atoms with Gasteiger partial charge in [-0.3, -0.25) is 14.6 Å². The molecule has 0 bridgehead atoms. The van der Waals surface area contributed by atoms with Crippen LogP contribution in [0, 0.1) is 0 Å². The van der Waals surface area contributed by atoms with Gasteiger partial charge in [-0.1, -0.05) is 36.0 Å². The first-order valence-corrected chi connectivity index (χ1v) is 9.31. The van der Waals surface area contributed by atoms with Gasteiger partial charge in [0.15, 0.2) is 0 Å². The Kier molecular flexibility index (Phi) is 6.12. The molecule has 1 fully saturated rings. The molecule has 0 spiro atoms. The van der Waals surface area contributed by atoms with Gasteiger partial charge in [0.05, 0.1) is 21.2 Å². The minimum Gasteiger partial charge on any atom is -0.339 e. The normalized spacial score (nSPS) is 14.6. The van der Waals surface area contributed by atoms with Gasteiger partial charge in [-0.05, 0) is 37.1 Å². The third-order valence-corrected chi connectivity index (χ3v) is 5.06. The van der Waals surface area contributed by atoms with Crippen molar-refractivity contribution in [1.82, 2.24) is 9.88 Å². The van der Waals surface area contributed by atoms with Crippen molar-refractivity contribution >= 4 is 40.7 Å². The summed E-state index contributed by atoms with van der Waals surface area (Å²) in [6.45, 7) is 1.50. The third-order valence-electron chi connectivity index (χ3n) is 4.32. The number of hydrogen-bond acceptors (Lipinski definition) is 3. The summed E-state index contributed by atoms with van der Waals surface area (Å²) in [6, 6.07) is 6.41. The maximum Gasteiger partial charge on any atom is 0.257 e. The summed E-state index contributed by atoms with van der Waals surface area (Å²) < 4.78 is 0. The van der Waals surface area contributed by atoms with Crippen LogP contribution in [0.5, 0.6) is 0 Å². The molecule has 1 N–H and O–H groups in total. The standard InChI is InChI=1S/C19H19Cl2N3O2/c20-16-6-5-15(10-17(16)21)23-18(25)13-9-14(12-22-11-13)19(26)24-7-3-1-2-4-8-24/h5-6,9-12H,1-4,7-8H2,(H,23,25). The maximum atomic E-state index is 12.7. The van der Waals surface area contributed by atoms with Gasteiger partial charge < -0.3 is 10.2 Å². The molecule has 1 aromatic heterocycles. The summed E-state index contributed by atoms with van der Waals surface area (Å²) in [5.41, 5.74) is 1.26. The van der Waals surface area contributed by atoms with E-state index < -0.39 is 0 Å². The van der Waals surface area contributed by atoms with Crippen LogP contribution in [0.1, 0.15) is 46.4 Å². The van der Waals surface area contributed by atoms with Crippen molar-refractivity contribution in [2.75, 3.05) is 18.4 Å². The van der Waals surface area contributed by atoms with E-state index in [2.05, 4.69) is 10.3 Å². The van der Waals surface area contributed by atoms with Crippen molar-refractivity contribution in [3.8, 4) is 0 Å². The number of halogens is 2. The number of amides is 2. The van der Waals surface area contributed by atoms with Crippen LogP contribution in [0.25, 0.3) is 0 Å². The Morgan fingerprint density at radius 3 is 2.31 bits per heavy atom. The average Bonchev–Trinajstić information content (AvgIpc) is 2.93. The summed E-state index contributed by atoms with van der Waals surface area (Å²) in [5, 5.41) is 3.50. The van der Waals surface area contributed by atoms with E-state index in [1.807, 2.05) is 4.90 Å². The van der Waals surface area contributed by atoms with Gasteiger partial charge in [-0.15, -0.1) is 0 Å². The molecule has 1 aliphatic rings. The van der Waals surface area contributed by atoms with Crippen LogP contribution in [0.2, 0.25) is 10.0 Å². The Labute approximate surface area is 162 Å². The lowest BCUT2D eigenvalue weighted by Gasteiger charge is -2.20. The number of anilines is 1. The van der Waals surface area contributed by atoms with Crippen molar-refractivity contribution < 1.29 is 9.59 Å². The SMILES string of the molecule is O=C(Nc1ccc(Cl)c(Cl)c1)c1cncc(C(=O)N2CCCCCC2)c1. The first-order valence-electron chi connectivity index (χ1n) is 8.55. The molecular formula is C19H19Cl2N3O2. The van der Waals surface area contributed by atoms with Crippen LogP contribution in [0.15, 0.2) is 36.7 Å². The molecular weight excluding hydrogens is 373 g/mol. The first-order chi connectivity index (χ1) is 12.5. The Morgan fingerprint density at radius 2 is 1.62 bits per heavy atom. The van der Waals surface area contributed by atoms with Gasteiger partial charge in [0.25, 0.3) is 11.8 Å². The fraction of sp³-hybridized carbons (Fsp3) is 0.316. The highest BCUT2D eigenvalue weighted by Crippen LogP contribution is 2.25. The molecule has 7 heteroatoms. The van der Waals surface area contributed by atoms with E-state index >= 15 is 0 Å². The maximum absolute atomic E-state index is 12.7. The fourth-order valence-electron chi connectivity index (χ4n) is 2.91. The van der Waals surface area contributed by atoms with Gasteiger partial charge in [-0.2, -0.15) is 0 Å². The number of benzene rings is 1. The minimum absolute atomic E-state index is 0.0800. The first kappa shape index (κ1) is 18.7. The van der Waals surface area contributed by atoms with Crippen LogP contribution in [0.4, 0.5) is 5.69 Å². The third kappa shape index (κ3) is 4.54. The second-order valence-electron chi connectivity index (χ2n) is 6.25. The molecule has 2 amide bonds. The second kappa shape index (κ2) is 8.52. The quantitative estimate of drug-likeness (QED) is 0.827. The van der Waals surface area contributed by atoms with Crippen molar-refractivity contribution in [3.05, 3.63) is 57.8 Å². The second-order valence-corrected chi connectivity index (χ2v) is 7.07. The van der Waals surface area contributed by atoms with Gasteiger partial charge in [0.1, 0.15) is 0 Å². The monoisotopic (exact) mass is 391 g/mol. The highest BCUT2D eigenvalue weighted by Gasteiger charge is 2.19. The molecule has 26 heavy (non-hydrogen) atoms. The van der Waals surface area contributed by atoms with Crippen LogP contribution >= 0.6 is 23.2 Å². The number of carbonyl (C=O) groups excluding carboxylic acids is 2. The summed E-state index contributed by atoms with van der Waals surface area (Å²) in [6.07, 6.45) is 7.25. The van der Waals surface area contributed by atoms with Gasteiger partial charge in [-0.25, -0.2) is 0 Å². The highest BCUT2D eigenvalue weighted by atomic mass is 35.5. The van der Waals surface area contributed by atoms with Crippen molar-refractivity contribution in [2.24, 2.45) is 0 Å². The molecule has 1 aliphatic heterocycles. The largest absolute Gasteiger partial charge is 0.339 e. The number of nitrogens with one attached hydrogen (secondary N) is 1. The van der Waals surface area contributed by atoms with E-state index in [9.17, 15) is 9.59 Å². The predicted octanol–water partition coefficient (Wildman–Crippen LogP) is 4.66. The van der Waals surface area contributed by atoms with Crippen LogP contribution in [0.3, 0.4) is 0 Å². The van der Waals surface area contributed by atoms with Crippen molar-refractivity contribution in [1.29, 1.82) is 0 Å². The van der Waals surface area contributed by atoms with Gasteiger partial charge in [0.2, 0.25) is 0 Å². The Balaban J connectivity index is 1.74. The Morgan fingerprint density at radius 1 is 0.923 bits per heavy atom. The van der Waals surface area contributed by atoms with E-state index in [4.69, 9.17) is 23.2 Å². The Bertz CT molecular complexity index is 818. The number of rotatable bonds is 3. The lowest BCUT2D eigenvalue weighted by atomic mass is 10.1. The number of pyridine rings is 1. The molecule has 0 aliphatic carbocycles. The molecule has 3 rings (SSSR count). The molecule has 2 heterocycles. The zero-order chi connectivity index (χ0) is 18.5. The molecule has 0 atom stereocenters. The van der Waals surface area contributed by atoms with Crippen LogP contribution in [-0.4, -0.2) is 34.8 Å². The van der Waals surface area contributed by atoms with Crippen LogP contribution in [-0.2, 0) is 0 Å². The topological polar surface area (TPSA) is 62.3 Å². The van der Waals surface area contributed by atoms with Gasteiger partial charge in [0, 0.05) is 31.2 Å². The fourth-order valence-corrected chi connectivity index (χ4v) is 3.21. The summed E-state index contributed by atoms with van der Waals surface area (Å²) >= 11 is 11.8. The van der Waals surface area contributed by atoms with E-state index in [1.54, 1.807) is 24.3 Å². The molecule has 0 radical (unpaired) electrons. The highest BCUT2D eigenvalue weighted by molar-refractivity contribution is 6.42. The van der Waals surface area contributed by atoms with Crippen molar-refractivity contribution in [3.63, 3.8) is 0 Å². The number of carbonyl (C=O) groups is 2. The molecule has 2 aromatic rings. The number of hydrogen-bond donors (Lipinski definition) is 1. The zero-order valence-corrected chi connectivity index (χ0v) is 15.7. The van der Waals surface area contributed by atoms with Crippen LogP contribution < -0.4 is 5.32 Å². The minimum atomic E-state index is -0.360. The predicted molar refractivity (Wildman–Crippen MR) is 103 cm³/mol. The van der Waals surface area contributed by atoms with E-state index in [1.165, 1.54) is 12.4 Å². The Hall–Kier alpha value is -2.11. The van der Waals surface area contributed by atoms with E-state index in [0.29, 0.717) is 26.9 Å². The van der Waals surface area contributed by atoms with Crippen molar-refractivity contribution in [2.45, 2.75) is 25.7 Å². The molecule has 0 saturated carbocycles. The smallest absolute Gasteiger partial charge is 0.257 e. The summed E-state index contributed by atoms with van der Waals surface area (Å²) in [7, 11) is 0. The number of aromatic nitrogens is 1. The lowest BCUT2D eigenvalue weighted by molar-refractivity contribution is 0.0761. The zero-order valence-electron chi connectivity index (χ0n) is 14.2. The van der Waals surface area contributed by atoms with E-state index in [-0.39, 0.29) is 11.8 Å². The molecule has 1 saturated heterocycles. The molecule has 1 aromatic carbocycles. The van der Waals surface area contributed by atoms with E-state index in [0.717, 1.165) is 38.8 Å². The molecule has 5 nitrogen and oxygen atoms in total. The number of nitrogens with zero attached hydrogens (tertiary/aromatic N) is 2. The average molecular weight is 392 g/mol. The lowest BCUT2D eigenvalue weighted by Crippen LogP contribution is -2.32. The molecule has 136 valence electrons. The number of likely N-dealkylation sites (tertiary alicyclic amines) is 1. The molecule has 0 unspecified atom stereocenters. The summed E-state index contributed by atoms with van der Waals surface area (Å²) in [5.74, 6) is -0.440. The summed E-state index contributed by atoms with van der Waals surface area (Å²) in [4.78, 5) is 31.1.